The van der Waals surface area contributed by atoms with E-state index < -0.39 is 4.92 Å². The quantitative estimate of drug-likeness (QED) is 0.396. The molecule has 2 rings (SSSR count). The van der Waals surface area contributed by atoms with E-state index in [1.165, 1.54) is 31.2 Å². The van der Waals surface area contributed by atoms with Crippen molar-refractivity contribution in [2.45, 2.75) is 6.92 Å². The number of ketones is 1. The normalized spacial score (nSPS) is 10.5. The van der Waals surface area contributed by atoms with E-state index in [0.717, 1.165) is 0 Å². The third-order valence-electron chi connectivity index (χ3n) is 3.07. The van der Waals surface area contributed by atoms with Crippen LogP contribution in [0.2, 0.25) is 0 Å². The van der Waals surface area contributed by atoms with Crippen LogP contribution in [0.5, 0.6) is 0 Å². The van der Waals surface area contributed by atoms with Crippen LogP contribution in [0.4, 0.5) is 11.4 Å². The maximum absolute atomic E-state index is 11.8. The Morgan fingerprint density at radius 2 is 1.83 bits per heavy atom. The molecule has 23 heavy (non-hydrogen) atoms. The summed E-state index contributed by atoms with van der Waals surface area (Å²) >= 11 is 0. The van der Waals surface area contributed by atoms with E-state index in [1.807, 2.05) is 0 Å². The topological polar surface area (TPSA) is 89.3 Å². The molecule has 0 fully saturated rings. The number of nitrogens with zero attached hydrogens (tertiary/aromatic N) is 1. The zero-order chi connectivity index (χ0) is 16.8. The molecule has 6 heteroatoms. The lowest BCUT2D eigenvalue weighted by Crippen LogP contribution is -2.07. The van der Waals surface area contributed by atoms with Gasteiger partial charge in [0, 0.05) is 29.5 Å². The Kier molecular flexibility index (Phi) is 4.99. The van der Waals surface area contributed by atoms with Gasteiger partial charge in [-0.05, 0) is 42.8 Å². The molecule has 0 atom stereocenters. The van der Waals surface area contributed by atoms with E-state index >= 15 is 0 Å². The second-order valence-electron chi connectivity index (χ2n) is 4.81. The molecule has 1 amide bonds. The van der Waals surface area contributed by atoms with Crippen molar-refractivity contribution in [2.75, 3.05) is 5.32 Å². The highest BCUT2D eigenvalue weighted by Gasteiger charge is 2.04. The molecular formula is C17H14N2O4. The number of nitrogens with one attached hydrogen (secondary N) is 1. The molecule has 2 aromatic carbocycles. The Hall–Kier alpha value is -3.28. The van der Waals surface area contributed by atoms with Crippen LogP contribution in [-0.4, -0.2) is 16.6 Å². The second kappa shape index (κ2) is 7.13. The molecule has 0 saturated carbocycles. The van der Waals surface area contributed by atoms with E-state index in [0.29, 0.717) is 16.8 Å². The summed E-state index contributed by atoms with van der Waals surface area (Å²) in [6.45, 7) is 1.47. The van der Waals surface area contributed by atoms with Gasteiger partial charge in [-0.3, -0.25) is 19.7 Å². The molecule has 0 spiro atoms. The van der Waals surface area contributed by atoms with E-state index in [2.05, 4.69) is 5.32 Å². The minimum absolute atomic E-state index is 0.0348. The number of carbonyl (C=O) groups excluding carboxylic acids is 2. The highest BCUT2D eigenvalue weighted by atomic mass is 16.6. The van der Waals surface area contributed by atoms with Crippen LogP contribution in [0, 0.1) is 10.1 Å². The third kappa shape index (κ3) is 4.60. The van der Waals surface area contributed by atoms with Crippen molar-refractivity contribution < 1.29 is 14.5 Å². The summed E-state index contributed by atoms with van der Waals surface area (Å²) in [7, 11) is 0. The number of rotatable bonds is 5. The van der Waals surface area contributed by atoms with Crippen LogP contribution < -0.4 is 5.32 Å². The zero-order valence-electron chi connectivity index (χ0n) is 12.4. The highest BCUT2D eigenvalue weighted by Crippen LogP contribution is 2.14. The highest BCUT2D eigenvalue weighted by molar-refractivity contribution is 6.02. The van der Waals surface area contributed by atoms with Crippen LogP contribution in [0.25, 0.3) is 6.08 Å². The summed E-state index contributed by atoms with van der Waals surface area (Å²) in [6, 6.07) is 12.5. The van der Waals surface area contributed by atoms with Crippen molar-refractivity contribution in [3.8, 4) is 0 Å². The van der Waals surface area contributed by atoms with Crippen molar-refractivity contribution >= 4 is 29.1 Å². The lowest BCUT2D eigenvalue weighted by atomic mass is 10.1. The molecule has 116 valence electrons. The summed E-state index contributed by atoms with van der Waals surface area (Å²) in [5.74, 6) is -0.416. The number of carbonyl (C=O) groups is 2. The minimum atomic E-state index is -0.492. The van der Waals surface area contributed by atoms with Crippen molar-refractivity contribution in [3.63, 3.8) is 0 Å². The number of hydrogen-bond donors (Lipinski definition) is 1. The molecular weight excluding hydrogens is 296 g/mol. The van der Waals surface area contributed by atoms with Gasteiger partial charge in [-0.25, -0.2) is 0 Å². The Bertz CT molecular complexity index is 779. The lowest BCUT2D eigenvalue weighted by molar-refractivity contribution is -0.384. The number of nitro groups is 1. The second-order valence-corrected chi connectivity index (χ2v) is 4.81. The van der Waals surface area contributed by atoms with E-state index in [4.69, 9.17) is 0 Å². The van der Waals surface area contributed by atoms with Gasteiger partial charge in [0.15, 0.2) is 5.78 Å². The first kappa shape index (κ1) is 16.1. The van der Waals surface area contributed by atoms with Gasteiger partial charge >= 0.3 is 0 Å². The van der Waals surface area contributed by atoms with Crippen LogP contribution in [0.15, 0.2) is 54.6 Å². The molecule has 1 N–H and O–H groups in total. The summed E-state index contributed by atoms with van der Waals surface area (Å²) in [5, 5.41) is 13.3. The zero-order valence-corrected chi connectivity index (χ0v) is 12.4. The predicted molar refractivity (Wildman–Crippen MR) is 87.2 cm³/mol. The lowest BCUT2D eigenvalue weighted by Gasteiger charge is -2.02. The van der Waals surface area contributed by atoms with Crippen molar-refractivity contribution in [3.05, 3.63) is 75.8 Å². The fourth-order valence-electron chi connectivity index (χ4n) is 1.89. The molecule has 0 aromatic heterocycles. The van der Waals surface area contributed by atoms with E-state index in [-0.39, 0.29) is 17.4 Å². The monoisotopic (exact) mass is 310 g/mol. The van der Waals surface area contributed by atoms with Crippen LogP contribution in [-0.2, 0) is 4.79 Å². The van der Waals surface area contributed by atoms with E-state index in [9.17, 15) is 19.7 Å². The molecule has 0 aliphatic rings. The Labute approximate surface area is 132 Å². The molecule has 0 bridgehead atoms. The predicted octanol–water partition coefficient (Wildman–Crippen LogP) is 3.45. The Balaban J connectivity index is 2.02. The van der Waals surface area contributed by atoms with Gasteiger partial charge in [-0.2, -0.15) is 0 Å². The molecule has 0 aliphatic carbocycles. The molecule has 6 nitrogen and oxygen atoms in total. The molecule has 0 saturated heterocycles. The van der Waals surface area contributed by atoms with Gasteiger partial charge in [0.2, 0.25) is 5.91 Å². The summed E-state index contributed by atoms with van der Waals surface area (Å²) in [5.41, 5.74) is 1.65. The van der Waals surface area contributed by atoms with E-state index in [1.54, 1.807) is 36.4 Å². The minimum Gasteiger partial charge on any atom is -0.323 e. The van der Waals surface area contributed by atoms with Gasteiger partial charge in [-0.1, -0.05) is 12.1 Å². The molecule has 0 radical (unpaired) electrons. The van der Waals surface area contributed by atoms with Crippen LogP contribution >= 0.6 is 0 Å². The fourth-order valence-corrected chi connectivity index (χ4v) is 1.89. The summed E-state index contributed by atoms with van der Waals surface area (Å²) in [4.78, 5) is 33.2. The summed E-state index contributed by atoms with van der Waals surface area (Å²) < 4.78 is 0. The maximum atomic E-state index is 11.8. The number of Topliss-reactive ketones (excluding diaryl/α,β-unsaturated/α-hetero) is 1. The third-order valence-corrected chi connectivity index (χ3v) is 3.07. The van der Waals surface area contributed by atoms with Crippen LogP contribution in [0.1, 0.15) is 22.8 Å². The Morgan fingerprint density at radius 3 is 2.43 bits per heavy atom. The average Bonchev–Trinajstić information content (AvgIpc) is 2.53. The molecule has 0 aliphatic heterocycles. The molecule has 2 aromatic rings. The van der Waals surface area contributed by atoms with Gasteiger partial charge in [-0.15, -0.1) is 0 Å². The van der Waals surface area contributed by atoms with Crippen molar-refractivity contribution in [1.29, 1.82) is 0 Å². The molecule has 0 heterocycles. The van der Waals surface area contributed by atoms with Gasteiger partial charge < -0.3 is 5.32 Å². The van der Waals surface area contributed by atoms with Gasteiger partial charge in [0.25, 0.3) is 5.69 Å². The molecule has 0 unspecified atom stereocenters. The van der Waals surface area contributed by atoms with Gasteiger partial charge in [0.1, 0.15) is 0 Å². The van der Waals surface area contributed by atoms with Gasteiger partial charge in [0.05, 0.1) is 4.92 Å². The number of nitro benzene ring substituents is 1. The maximum Gasteiger partial charge on any atom is 0.270 e. The number of non-ortho nitro benzene ring substituents is 1. The first-order valence-electron chi connectivity index (χ1n) is 6.80. The van der Waals surface area contributed by atoms with Crippen molar-refractivity contribution in [1.82, 2.24) is 0 Å². The summed E-state index contributed by atoms with van der Waals surface area (Å²) in [6.07, 6.45) is 2.78. The number of amides is 1. The SMILES string of the molecule is CC(=O)c1ccc(NC(=O)/C=C/c2cccc([N+](=O)[O-])c2)cc1. The number of hydrogen-bond acceptors (Lipinski definition) is 4. The average molecular weight is 310 g/mol. The fraction of sp³-hybridized carbons (Fsp3) is 0.0588. The van der Waals surface area contributed by atoms with Crippen LogP contribution in [0.3, 0.4) is 0 Å². The van der Waals surface area contributed by atoms with Crippen molar-refractivity contribution in [2.24, 2.45) is 0 Å². The first-order valence-corrected chi connectivity index (χ1v) is 6.80. The Morgan fingerprint density at radius 1 is 1.13 bits per heavy atom. The standard InChI is InChI=1S/C17H14N2O4/c1-12(20)14-6-8-15(9-7-14)18-17(21)10-5-13-3-2-4-16(11-13)19(22)23/h2-11H,1H3,(H,18,21)/b10-5+. The smallest absolute Gasteiger partial charge is 0.270 e. The largest absolute Gasteiger partial charge is 0.323 e. The number of benzene rings is 2. The first-order chi connectivity index (χ1) is 11.0. The number of anilines is 1.